The summed E-state index contributed by atoms with van der Waals surface area (Å²) in [5, 5.41) is 0. The zero-order chi connectivity index (χ0) is 21.0. The fraction of sp³-hybridized carbons (Fsp3) is 0.105. The monoisotopic (exact) mass is 495 g/mol. The van der Waals surface area contributed by atoms with Gasteiger partial charge in [-0.05, 0) is 57.9 Å². The quantitative estimate of drug-likeness (QED) is 0.526. The SMILES string of the molecule is CN(CC(=O)NNC(=O)c1ccc(-c2ccc(F)cc2)s1)C(=O)c1ccc(Br)s1. The lowest BCUT2D eigenvalue weighted by Crippen LogP contribution is -2.46. The molecule has 0 saturated carbocycles. The third-order valence-corrected chi connectivity index (χ3v) is 6.53. The van der Waals surface area contributed by atoms with Crippen molar-refractivity contribution in [2.24, 2.45) is 0 Å². The van der Waals surface area contributed by atoms with Crippen LogP contribution in [0.25, 0.3) is 10.4 Å². The molecule has 0 aliphatic rings. The van der Waals surface area contributed by atoms with Crippen molar-refractivity contribution in [3.63, 3.8) is 0 Å². The topological polar surface area (TPSA) is 78.5 Å². The molecule has 0 bridgehead atoms. The molecule has 0 aliphatic carbocycles. The second-order valence-electron chi connectivity index (χ2n) is 5.94. The van der Waals surface area contributed by atoms with E-state index in [0.717, 1.165) is 14.2 Å². The van der Waals surface area contributed by atoms with Gasteiger partial charge >= 0.3 is 0 Å². The van der Waals surface area contributed by atoms with Crippen LogP contribution in [0.15, 0.2) is 52.3 Å². The van der Waals surface area contributed by atoms with Gasteiger partial charge in [0.15, 0.2) is 0 Å². The van der Waals surface area contributed by atoms with E-state index in [2.05, 4.69) is 26.8 Å². The Morgan fingerprint density at radius 3 is 2.31 bits per heavy atom. The maximum atomic E-state index is 13.0. The molecule has 0 radical (unpaired) electrons. The number of hydrogen-bond donors (Lipinski definition) is 2. The fourth-order valence-corrected chi connectivity index (χ4v) is 4.65. The van der Waals surface area contributed by atoms with E-state index in [1.165, 1.54) is 46.8 Å². The second-order valence-corrected chi connectivity index (χ2v) is 9.48. The number of hydrogen-bond acceptors (Lipinski definition) is 5. The third kappa shape index (κ3) is 5.49. The van der Waals surface area contributed by atoms with E-state index in [1.54, 1.807) is 36.4 Å². The molecule has 6 nitrogen and oxygen atoms in total. The van der Waals surface area contributed by atoms with Crippen LogP contribution in [0, 0.1) is 5.82 Å². The van der Waals surface area contributed by atoms with Crippen LogP contribution in [0.2, 0.25) is 0 Å². The Morgan fingerprint density at radius 2 is 1.66 bits per heavy atom. The Kier molecular flexibility index (Phi) is 6.78. The maximum Gasteiger partial charge on any atom is 0.279 e. The Bertz CT molecular complexity index is 1050. The van der Waals surface area contributed by atoms with Crippen molar-refractivity contribution in [1.29, 1.82) is 0 Å². The molecule has 2 heterocycles. The summed E-state index contributed by atoms with van der Waals surface area (Å²) in [6.45, 7) is -0.208. The minimum Gasteiger partial charge on any atom is -0.332 e. The molecule has 0 atom stereocenters. The van der Waals surface area contributed by atoms with Crippen molar-refractivity contribution in [3.8, 4) is 10.4 Å². The van der Waals surface area contributed by atoms with Gasteiger partial charge in [0.1, 0.15) is 12.4 Å². The Morgan fingerprint density at radius 1 is 0.966 bits per heavy atom. The molecule has 29 heavy (non-hydrogen) atoms. The average molecular weight is 496 g/mol. The van der Waals surface area contributed by atoms with Crippen molar-refractivity contribution in [3.05, 3.63) is 67.9 Å². The minimum atomic E-state index is -0.528. The second kappa shape index (κ2) is 9.29. The first kappa shape index (κ1) is 21.2. The van der Waals surface area contributed by atoms with Crippen molar-refractivity contribution in [2.75, 3.05) is 13.6 Å². The van der Waals surface area contributed by atoms with Crippen LogP contribution >= 0.6 is 38.6 Å². The van der Waals surface area contributed by atoms with Gasteiger partial charge in [-0.1, -0.05) is 12.1 Å². The molecule has 3 aromatic rings. The molecule has 3 amide bonds. The van der Waals surface area contributed by atoms with Gasteiger partial charge in [0, 0.05) is 11.9 Å². The highest BCUT2D eigenvalue weighted by Gasteiger charge is 2.17. The number of carbonyl (C=O) groups is 3. The molecule has 3 rings (SSSR count). The van der Waals surface area contributed by atoms with Gasteiger partial charge in [-0.2, -0.15) is 0 Å². The number of hydrazine groups is 1. The molecule has 10 heteroatoms. The lowest BCUT2D eigenvalue weighted by atomic mass is 10.2. The molecule has 0 saturated heterocycles. The first-order chi connectivity index (χ1) is 13.8. The number of halogens is 2. The van der Waals surface area contributed by atoms with E-state index >= 15 is 0 Å². The number of thiophene rings is 2. The van der Waals surface area contributed by atoms with Gasteiger partial charge in [0.25, 0.3) is 17.7 Å². The maximum absolute atomic E-state index is 13.0. The summed E-state index contributed by atoms with van der Waals surface area (Å²) in [7, 11) is 1.51. The summed E-state index contributed by atoms with van der Waals surface area (Å²) in [6, 6.07) is 12.8. The van der Waals surface area contributed by atoms with E-state index in [-0.39, 0.29) is 18.3 Å². The largest absolute Gasteiger partial charge is 0.332 e. The zero-order valence-corrected chi connectivity index (χ0v) is 18.3. The molecule has 0 spiro atoms. The first-order valence-corrected chi connectivity index (χ1v) is 10.7. The number of nitrogens with zero attached hydrogens (tertiary/aromatic N) is 1. The third-order valence-electron chi connectivity index (χ3n) is 3.79. The van der Waals surface area contributed by atoms with Gasteiger partial charge in [-0.15, -0.1) is 22.7 Å². The number of benzene rings is 1. The summed E-state index contributed by atoms with van der Waals surface area (Å²) in [5.74, 6) is -1.63. The molecule has 2 N–H and O–H groups in total. The van der Waals surface area contributed by atoms with Crippen LogP contribution in [0.1, 0.15) is 19.3 Å². The standard InChI is InChI=1S/C19H15BrFN3O3S2/c1-24(19(27)15-8-9-16(20)29-15)10-17(25)22-23-18(26)14-7-6-13(28-14)11-2-4-12(21)5-3-11/h2-9H,10H2,1H3,(H,22,25)(H,23,26). The predicted molar refractivity (Wildman–Crippen MR) is 114 cm³/mol. The molecule has 0 unspecified atom stereocenters. The first-order valence-electron chi connectivity index (χ1n) is 8.29. The van der Waals surface area contributed by atoms with Crippen molar-refractivity contribution in [1.82, 2.24) is 15.8 Å². The van der Waals surface area contributed by atoms with E-state index in [0.29, 0.717) is 9.75 Å². The van der Waals surface area contributed by atoms with Crippen LogP contribution in [-0.2, 0) is 4.79 Å². The summed E-state index contributed by atoms with van der Waals surface area (Å²) in [6.07, 6.45) is 0. The molecule has 2 aromatic heterocycles. The van der Waals surface area contributed by atoms with Crippen molar-refractivity contribution >= 4 is 56.3 Å². The molecule has 0 fully saturated rings. The minimum absolute atomic E-state index is 0.208. The van der Waals surface area contributed by atoms with E-state index in [9.17, 15) is 18.8 Å². The normalized spacial score (nSPS) is 10.4. The van der Waals surface area contributed by atoms with Crippen LogP contribution in [-0.4, -0.2) is 36.2 Å². The predicted octanol–water partition coefficient (Wildman–Crippen LogP) is 3.91. The highest BCUT2D eigenvalue weighted by molar-refractivity contribution is 9.11. The molecular formula is C19H15BrFN3O3S2. The van der Waals surface area contributed by atoms with Crippen LogP contribution in [0.3, 0.4) is 0 Å². The summed E-state index contributed by atoms with van der Waals surface area (Å²) < 4.78 is 13.8. The van der Waals surface area contributed by atoms with Gasteiger partial charge in [0.05, 0.1) is 13.5 Å². The number of amides is 3. The van der Waals surface area contributed by atoms with Gasteiger partial charge < -0.3 is 4.90 Å². The summed E-state index contributed by atoms with van der Waals surface area (Å²) in [5.41, 5.74) is 5.42. The van der Waals surface area contributed by atoms with Crippen LogP contribution < -0.4 is 10.9 Å². The number of likely N-dealkylation sites (N-methyl/N-ethyl adjacent to an activating group) is 1. The average Bonchev–Trinajstić information content (AvgIpc) is 3.35. The summed E-state index contributed by atoms with van der Waals surface area (Å²) >= 11 is 5.78. The van der Waals surface area contributed by atoms with E-state index in [1.807, 2.05) is 0 Å². The molecular weight excluding hydrogens is 481 g/mol. The van der Waals surface area contributed by atoms with Crippen molar-refractivity contribution < 1.29 is 18.8 Å². The van der Waals surface area contributed by atoms with Gasteiger partial charge in [-0.25, -0.2) is 4.39 Å². The van der Waals surface area contributed by atoms with Crippen molar-refractivity contribution in [2.45, 2.75) is 0 Å². The smallest absolute Gasteiger partial charge is 0.279 e. The number of nitrogens with one attached hydrogen (secondary N) is 2. The lowest BCUT2D eigenvalue weighted by Gasteiger charge is -2.16. The van der Waals surface area contributed by atoms with E-state index < -0.39 is 11.8 Å². The van der Waals surface area contributed by atoms with Gasteiger partial charge in [-0.3, -0.25) is 25.2 Å². The fourth-order valence-electron chi connectivity index (χ4n) is 2.36. The Hall–Kier alpha value is -2.56. The Balaban J connectivity index is 1.52. The van der Waals surface area contributed by atoms with E-state index in [4.69, 9.17) is 0 Å². The number of rotatable bonds is 5. The molecule has 0 aliphatic heterocycles. The zero-order valence-electron chi connectivity index (χ0n) is 15.1. The highest BCUT2D eigenvalue weighted by Crippen LogP contribution is 2.28. The van der Waals surface area contributed by atoms with Gasteiger partial charge in [0.2, 0.25) is 0 Å². The highest BCUT2D eigenvalue weighted by atomic mass is 79.9. The molecule has 150 valence electrons. The van der Waals surface area contributed by atoms with Crippen LogP contribution in [0.5, 0.6) is 0 Å². The Labute approximate surface area is 182 Å². The summed E-state index contributed by atoms with van der Waals surface area (Å²) in [4.78, 5) is 39.5. The lowest BCUT2D eigenvalue weighted by molar-refractivity contribution is -0.122. The van der Waals surface area contributed by atoms with Crippen LogP contribution in [0.4, 0.5) is 4.39 Å². The molecule has 1 aromatic carbocycles. The number of carbonyl (C=O) groups excluding carboxylic acids is 3.